The fourth-order valence-electron chi connectivity index (χ4n) is 2.61. The van der Waals surface area contributed by atoms with Crippen molar-refractivity contribution in [3.8, 4) is 11.3 Å². The van der Waals surface area contributed by atoms with E-state index in [-0.39, 0.29) is 33.5 Å². The Morgan fingerprint density at radius 1 is 1.00 bits per heavy atom. The molecule has 0 unspecified atom stereocenters. The van der Waals surface area contributed by atoms with E-state index in [1.807, 2.05) is 0 Å². The van der Waals surface area contributed by atoms with Crippen LogP contribution in [0, 0.1) is 20.2 Å². The molecule has 0 aliphatic carbocycles. The van der Waals surface area contributed by atoms with Gasteiger partial charge in [0.2, 0.25) is 0 Å². The smallest absolute Gasteiger partial charge is 0.423 e. The molecule has 1 N–H and O–H groups in total. The maximum Gasteiger partial charge on any atom is 0.423 e. The van der Waals surface area contributed by atoms with E-state index in [2.05, 4.69) is 5.32 Å². The Morgan fingerprint density at radius 2 is 1.71 bits per heavy atom. The first-order chi connectivity index (χ1) is 14.5. The molecule has 9 nitrogen and oxygen atoms in total. The second-order valence-corrected chi connectivity index (χ2v) is 6.43. The molecule has 3 aromatic rings. The van der Waals surface area contributed by atoms with Gasteiger partial charge in [0.05, 0.1) is 14.9 Å². The maximum absolute atomic E-state index is 13.1. The Hall–Kier alpha value is -3.93. The molecular formula is C18H9ClF3N3O6. The summed E-state index contributed by atoms with van der Waals surface area (Å²) >= 11 is 6.00. The number of carbonyl (C=O) groups is 1. The molecule has 0 saturated heterocycles. The summed E-state index contributed by atoms with van der Waals surface area (Å²) in [6, 6.07) is 8.16. The second kappa shape index (κ2) is 8.07. The average Bonchev–Trinajstić information content (AvgIpc) is 3.17. The van der Waals surface area contributed by atoms with Crippen molar-refractivity contribution in [3.05, 3.63) is 85.1 Å². The van der Waals surface area contributed by atoms with E-state index in [0.717, 1.165) is 12.1 Å². The lowest BCUT2D eigenvalue weighted by Crippen LogP contribution is -2.13. The third-order valence-electron chi connectivity index (χ3n) is 4.02. The van der Waals surface area contributed by atoms with Crippen LogP contribution in [-0.2, 0) is 6.18 Å². The first-order valence-corrected chi connectivity index (χ1v) is 8.56. The van der Waals surface area contributed by atoms with E-state index in [0.29, 0.717) is 12.1 Å². The molecule has 0 radical (unpaired) electrons. The van der Waals surface area contributed by atoms with E-state index in [9.17, 15) is 38.2 Å². The zero-order valence-electron chi connectivity index (χ0n) is 15.0. The van der Waals surface area contributed by atoms with Crippen LogP contribution in [0.5, 0.6) is 0 Å². The molecule has 0 spiro atoms. The highest BCUT2D eigenvalue weighted by Gasteiger charge is 2.38. The molecule has 31 heavy (non-hydrogen) atoms. The molecule has 0 atom stereocenters. The fourth-order valence-corrected chi connectivity index (χ4v) is 2.88. The number of hydrogen-bond acceptors (Lipinski definition) is 6. The number of nitrogens with zero attached hydrogens (tertiary/aromatic N) is 2. The lowest BCUT2D eigenvalue weighted by Gasteiger charge is -2.10. The van der Waals surface area contributed by atoms with Crippen molar-refractivity contribution >= 4 is 34.6 Å². The van der Waals surface area contributed by atoms with Crippen LogP contribution in [0.15, 0.2) is 52.9 Å². The van der Waals surface area contributed by atoms with Gasteiger partial charge in [0, 0.05) is 29.4 Å². The molecule has 1 aromatic heterocycles. The first kappa shape index (κ1) is 21.8. The van der Waals surface area contributed by atoms with Gasteiger partial charge in [-0.3, -0.25) is 25.0 Å². The topological polar surface area (TPSA) is 129 Å². The number of anilines is 1. The van der Waals surface area contributed by atoms with Crippen molar-refractivity contribution < 1.29 is 32.2 Å². The summed E-state index contributed by atoms with van der Waals surface area (Å²) in [5, 5.41) is 23.7. The number of rotatable bonds is 5. The zero-order chi connectivity index (χ0) is 22.9. The van der Waals surface area contributed by atoms with Gasteiger partial charge in [-0.15, -0.1) is 0 Å². The van der Waals surface area contributed by atoms with Crippen LogP contribution in [0.2, 0.25) is 5.02 Å². The zero-order valence-corrected chi connectivity index (χ0v) is 15.7. The van der Waals surface area contributed by atoms with E-state index < -0.39 is 33.2 Å². The van der Waals surface area contributed by atoms with Crippen LogP contribution in [0.1, 0.15) is 16.1 Å². The Bertz CT molecular complexity index is 1210. The van der Waals surface area contributed by atoms with E-state index in [4.69, 9.17) is 16.0 Å². The number of alkyl halides is 3. The van der Waals surface area contributed by atoms with Gasteiger partial charge < -0.3 is 9.73 Å². The summed E-state index contributed by atoms with van der Waals surface area (Å²) in [4.78, 5) is 32.1. The molecule has 0 bridgehead atoms. The average molecular weight is 456 g/mol. The van der Waals surface area contributed by atoms with Crippen molar-refractivity contribution in [2.45, 2.75) is 6.18 Å². The number of carbonyl (C=O) groups excluding carboxylic acids is 1. The monoisotopic (exact) mass is 455 g/mol. The van der Waals surface area contributed by atoms with Gasteiger partial charge in [-0.25, -0.2) is 0 Å². The van der Waals surface area contributed by atoms with Crippen LogP contribution in [-0.4, -0.2) is 15.8 Å². The van der Waals surface area contributed by atoms with Gasteiger partial charge in [-0.1, -0.05) is 11.6 Å². The van der Waals surface area contributed by atoms with Crippen LogP contribution in [0.3, 0.4) is 0 Å². The lowest BCUT2D eigenvalue weighted by atomic mass is 10.1. The molecule has 1 amide bonds. The minimum absolute atomic E-state index is 0.0132. The number of nitro groups is 2. The number of hydrogen-bond donors (Lipinski definition) is 1. The fraction of sp³-hybridized carbons (Fsp3) is 0.0556. The number of halogens is 4. The highest BCUT2D eigenvalue weighted by atomic mass is 35.5. The minimum atomic E-state index is -5.01. The quantitative estimate of drug-likeness (QED) is 0.389. The molecule has 13 heteroatoms. The summed E-state index contributed by atoms with van der Waals surface area (Å²) in [5.74, 6) is -1.13. The Balaban J connectivity index is 1.85. The van der Waals surface area contributed by atoms with Gasteiger partial charge in [-0.05, 0) is 30.3 Å². The molecule has 3 rings (SSSR count). The minimum Gasteiger partial charge on any atom is -0.451 e. The summed E-state index contributed by atoms with van der Waals surface area (Å²) in [5.41, 5.74) is -3.01. The summed E-state index contributed by atoms with van der Waals surface area (Å²) in [6.07, 6.45) is -5.01. The van der Waals surface area contributed by atoms with Crippen molar-refractivity contribution in [2.24, 2.45) is 0 Å². The summed E-state index contributed by atoms with van der Waals surface area (Å²) < 4.78 is 44.5. The number of furan rings is 1. The predicted octanol–water partition coefficient (Wildman–Crippen LogP) is 5.69. The molecule has 0 aliphatic rings. The van der Waals surface area contributed by atoms with Crippen LogP contribution in [0.25, 0.3) is 11.3 Å². The standard InChI is InChI=1S/C18H9ClF3N3O6/c19-13-8-10(24(27)28)2-3-11(13)15-5-6-16(31-15)17(26)23-9-1-4-14(25(29)30)12(7-9)18(20,21)22/h1-8H,(H,23,26). The van der Waals surface area contributed by atoms with E-state index >= 15 is 0 Å². The Morgan fingerprint density at radius 3 is 2.29 bits per heavy atom. The number of amides is 1. The SMILES string of the molecule is O=C(Nc1ccc([N+](=O)[O-])c(C(F)(F)F)c1)c1ccc(-c2ccc([N+](=O)[O-])cc2Cl)o1. The highest BCUT2D eigenvalue weighted by Crippen LogP contribution is 2.38. The van der Waals surface area contributed by atoms with E-state index in [1.54, 1.807) is 0 Å². The molecule has 160 valence electrons. The predicted molar refractivity (Wildman–Crippen MR) is 102 cm³/mol. The second-order valence-electron chi connectivity index (χ2n) is 6.03. The molecule has 0 aliphatic heterocycles. The molecule has 1 heterocycles. The van der Waals surface area contributed by atoms with Gasteiger partial charge in [0.15, 0.2) is 5.76 Å². The summed E-state index contributed by atoms with van der Waals surface area (Å²) in [6.45, 7) is 0. The molecule has 0 fully saturated rings. The first-order valence-electron chi connectivity index (χ1n) is 8.18. The van der Waals surface area contributed by atoms with Crippen molar-refractivity contribution in [1.82, 2.24) is 0 Å². The number of nitrogens with one attached hydrogen (secondary N) is 1. The van der Waals surface area contributed by atoms with Crippen molar-refractivity contribution in [1.29, 1.82) is 0 Å². The van der Waals surface area contributed by atoms with Gasteiger partial charge in [0.1, 0.15) is 11.3 Å². The van der Waals surface area contributed by atoms with Crippen molar-refractivity contribution in [3.63, 3.8) is 0 Å². The van der Waals surface area contributed by atoms with Gasteiger partial charge >= 0.3 is 6.18 Å². The Kier molecular flexibility index (Phi) is 5.66. The number of non-ortho nitro benzene ring substituents is 1. The van der Waals surface area contributed by atoms with Crippen molar-refractivity contribution in [2.75, 3.05) is 5.32 Å². The molecular weight excluding hydrogens is 447 g/mol. The van der Waals surface area contributed by atoms with E-state index in [1.165, 1.54) is 24.3 Å². The summed E-state index contributed by atoms with van der Waals surface area (Å²) in [7, 11) is 0. The largest absolute Gasteiger partial charge is 0.451 e. The Labute approximate surface area is 175 Å². The maximum atomic E-state index is 13.1. The normalized spacial score (nSPS) is 11.2. The molecule has 0 saturated carbocycles. The van der Waals surface area contributed by atoms with Crippen LogP contribution in [0.4, 0.5) is 30.2 Å². The number of nitro benzene ring substituents is 2. The highest BCUT2D eigenvalue weighted by molar-refractivity contribution is 6.33. The third kappa shape index (κ3) is 4.64. The number of benzene rings is 2. The van der Waals surface area contributed by atoms with Gasteiger partial charge in [0.25, 0.3) is 17.3 Å². The lowest BCUT2D eigenvalue weighted by molar-refractivity contribution is -0.388. The van der Waals surface area contributed by atoms with Gasteiger partial charge in [-0.2, -0.15) is 13.2 Å². The van der Waals surface area contributed by atoms with Crippen LogP contribution < -0.4 is 5.32 Å². The molecule has 2 aromatic carbocycles. The van der Waals surface area contributed by atoms with Crippen LogP contribution >= 0.6 is 11.6 Å². The third-order valence-corrected chi connectivity index (χ3v) is 4.33.